The minimum atomic E-state index is -4.13. The van der Waals surface area contributed by atoms with E-state index < -0.39 is 22.0 Å². The molecule has 0 unspecified atom stereocenters. The molecule has 0 atom stereocenters. The lowest BCUT2D eigenvalue weighted by Crippen LogP contribution is -2.33. The van der Waals surface area contributed by atoms with Crippen LogP contribution in [-0.2, 0) is 10.1 Å². The molecule has 0 saturated carbocycles. The second kappa shape index (κ2) is 2.65. The first-order chi connectivity index (χ1) is 3.92. The van der Waals surface area contributed by atoms with Crippen LogP contribution in [0.1, 0.15) is 0 Å². The van der Waals surface area contributed by atoms with Gasteiger partial charge in [-0.25, -0.2) is 4.79 Å². The van der Waals surface area contributed by atoms with Gasteiger partial charge in [-0.05, 0) is 0 Å². The van der Waals surface area contributed by atoms with Crippen molar-refractivity contribution in [1.29, 1.82) is 0 Å². The molecule has 54 valence electrons. The smallest absolute Gasteiger partial charge is 0.313 e. The van der Waals surface area contributed by atoms with E-state index in [0.717, 1.165) is 0 Å². The van der Waals surface area contributed by atoms with Gasteiger partial charge in [-0.1, -0.05) is 0 Å². The fourth-order valence-corrected chi connectivity index (χ4v) is 0.487. The number of amides is 2. The third-order valence-electron chi connectivity index (χ3n) is 0.429. The van der Waals surface area contributed by atoms with E-state index in [4.69, 9.17) is 4.55 Å². The molecule has 0 aliphatic heterocycles. The number of rotatable bonds is 2. The fourth-order valence-electron chi connectivity index (χ4n) is 0.162. The molecule has 0 aliphatic carbocycles. The molecule has 0 heterocycles. The van der Waals surface area contributed by atoms with Gasteiger partial charge in [0.15, 0.2) is 0 Å². The van der Waals surface area contributed by atoms with Gasteiger partial charge in [0.2, 0.25) is 0 Å². The highest BCUT2D eigenvalue weighted by Gasteiger charge is 2.03. The summed E-state index contributed by atoms with van der Waals surface area (Å²) < 4.78 is 27.6. The zero-order chi connectivity index (χ0) is 7.49. The monoisotopic (exact) mass is 154 g/mol. The largest absolute Gasteiger partial charge is 0.352 e. The molecule has 2 amide bonds. The van der Waals surface area contributed by atoms with Gasteiger partial charge in [-0.3, -0.25) is 4.55 Å². The van der Waals surface area contributed by atoms with Crippen LogP contribution in [0.5, 0.6) is 0 Å². The van der Waals surface area contributed by atoms with Crippen LogP contribution in [0.25, 0.3) is 0 Å². The predicted molar refractivity (Wildman–Crippen MR) is 29.1 cm³/mol. The standard InChI is InChI=1S/C2H6N2O4S/c3-2(5)4-1-9(6,7)8/h1H2,(H3,3,4,5)(H,6,7,8). The lowest BCUT2D eigenvalue weighted by Gasteiger charge is -1.94. The summed E-state index contributed by atoms with van der Waals surface area (Å²) in [5.41, 5.74) is 4.47. The Hall–Kier alpha value is -0.820. The van der Waals surface area contributed by atoms with Gasteiger partial charge >= 0.3 is 6.03 Å². The molecule has 0 aromatic carbocycles. The van der Waals surface area contributed by atoms with Crippen LogP contribution in [-0.4, -0.2) is 24.9 Å². The van der Waals surface area contributed by atoms with Crippen LogP contribution in [0.3, 0.4) is 0 Å². The Morgan fingerprint density at radius 2 is 2.11 bits per heavy atom. The molecule has 0 saturated heterocycles. The summed E-state index contributed by atoms with van der Waals surface area (Å²) in [6.45, 7) is 0. The van der Waals surface area contributed by atoms with Crippen LogP contribution < -0.4 is 11.1 Å². The van der Waals surface area contributed by atoms with Gasteiger partial charge in [0, 0.05) is 0 Å². The Balaban J connectivity index is 3.67. The Labute approximate surface area is 51.8 Å². The van der Waals surface area contributed by atoms with E-state index in [0.29, 0.717) is 0 Å². The summed E-state index contributed by atoms with van der Waals surface area (Å²) in [5, 5.41) is 1.69. The van der Waals surface area contributed by atoms with Crippen LogP contribution in [0.15, 0.2) is 0 Å². The summed E-state index contributed by atoms with van der Waals surface area (Å²) in [4.78, 5) is 9.78. The maximum absolute atomic E-state index is 9.82. The van der Waals surface area contributed by atoms with E-state index in [-0.39, 0.29) is 0 Å². The molecule has 0 aromatic heterocycles. The molecule has 0 aromatic rings. The minimum absolute atomic E-state index is 0.845. The number of primary amides is 1. The number of carbonyl (C=O) groups excluding carboxylic acids is 1. The Morgan fingerprint density at radius 1 is 1.67 bits per heavy atom. The van der Waals surface area contributed by atoms with Gasteiger partial charge < -0.3 is 11.1 Å². The summed E-state index contributed by atoms with van der Waals surface area (Å²) in [6, 6.07) is -0.993. The third-order valence-corrected chi connectivity index (χ3v) is 0.938. The highest BCUT2D eigenvalue weighted by atomic mass is 32.2. The lowest BCUT2D eigenvalue weighted by atomic mass is 11.0. The summed E-state index contributed by atoms with van der Waals surface area (Å²) in [5.74, 6) is -0.845. The summed E-state index contributed by atoms with van der Waals surface area (Å²) in [6.07, 6.45) is 0. The topological polar surface area (TPSA) is 109 Å². The maximum Gasteiger partial charge on any atom is 0.313 e. The van der Waals surface area contributed by atoms with Crippen LogP contribution in [0.4, 0.5) is 4.79 Å². The van der Waals surface area contributed by atoms with Gasteiger partial charge in [-0.2, -0.15) is 8.42 Å². The molecule has 0 rings (SSSR count). The highest BCUT2D eigenvalue weighted by Crippen LogP contribution is 1.74. The molecule has 4 N–H and O–H groups in total. The quantitative estimate of drug-likeness (QED) is 0.420. The zero-order valence-electron chi connectivity index (χ0n) is 4.36. The lowest BCUT2D eigenvalue weighted by molar-refractivity contribution is 0.250. The van der Waals surface area contributed by atoms with Crippen LogP contribution in [0, 0.1) is 0 Å². The van der Waals surface area contributed by atoms with Crippen LogP contribution >= 0.6 is 0 Å². The van der Waals surface area contributed by atoms with Crippen molar-refractivity contribution < 1.29 is 17.8 Å². The minimum Gasteiger partial charge on any atom is -0.352 e. The molecular formula is C2H6N2O4S. The maximum atomic E-state index is 9.82. The zero-order valence-corrected chi connectivity index (χ0v) is 5.18. The second-order valence-corrected chi connectivity index (χ2v) is 2.72. The average molecular weight is 154 g/mol. The molecule has 0 bridgehead atoms. The molecule has 9 heavy (non-hydrogen) atoms. The van der Waals surface area contributed by atoms with Gasteiger partial charge in [0.05, 0.1) is 0 Å². The van der Waals surface area contributed by atoms with E-state index >= 15 is 0 Å². The summed E-state index contributed by atoms with van der Waals surface area (Å²) >= 11 is 0. The van der Waals surface area contributed by atoms with Crippen molar-refractivity contribution in [2.75, 3.05) is 5.88 Å². The van der Waals surface area contributed by atoms with Crippen LogP contribution in [0.2, 0.25) is 0 Å². The van der Waals surface area contributed by atoms with Gasteiger partial charge in [-0.15, -0.1) is 0 Å². The Morgan fingerprint density at radius 3 is 2.22 bits per heavy atom. The molecule has 0 fully saturated rings. The molecule has 0 spiro atoms. The van der Waals surface area contributed by atoms with E-state index in [1.807, 2.05) is 0 Å². The number of hydrogen-bond acceptors (Lipinski definition) is 3. The van der Waals surface area contributed by atoms with Gasteiger partial charge in [0.25, 0.3) is 10.1 Å². The van der Waals surface area contributed by atoms with Crippen molar-refractivity contribution in [3.05, 3.63) is 0 Å². The summed E-state index contributed by atoms with van der Waals surface area (Å²) in [7, 11) is -4.13. The molecule has 0 aliphatic rings. The second-order valence-electron chi connectivity index (χ2n) is 1.27. The fraction of sp³-hybridized carbons (Fsp3) is 0.500. The van der Waals surface area contributed by atoms with Crippen molar-refractivity contribution >= 4 is 16.1 Å². The van der Waals surface area contributed by atoms with E-state index in [9.17, 15) is 13.2 Å². The van der Waals surface area contributed by atoms with Crippen molar-refractivity contribution in [3.8, 4) is 0 Å². The number of nitrogens with two attached hydrogens (primary N) is 1. The third kappa shape index (κ3) is 7.18. The van der Waals surface area contributed by atoms with Gasteiger partial charge in [0.1, 0.15) is 5.88 Å². The average Bonchev–Trinajstić information content (AvgIpc) is 1.59. The Kier molecular flexibility index (Phi) is 2.41. The number of hydrogen-bond donors (Lipinski definition) is 3. The molecule has 0 radical (unpaired) electrons. The van der Waals surface area contributed by atoms with Crippen molar-refractivity contribution in [3.63, 3.8) is 0 Å². The molecular weight excluding hydrogens is 148 g/mol. The van der Waals surface area contributed by atoms with Crippen molar-refractivity contribution in [1.82, 2.24) is 5.32 Å². The Bertz CT molecular complexity index is 195. The predicted octanol–water partition coefficient (Wildman–Crippen LogP) is -1.50. The number of urea groups is 1. The number of nitrogens with one attached hydrogen (secondary N) is 1. The highest BCUT2D eigenvalue weighted by molar-refractivity contribution is 7.85. The van der Waals surface area contributed by atoms with E-state index in [1.165, 1.54) is 0 Å². The first kappa shape index (κ1) is 8.18. The first-order valence-electron chi connectivity index (χ1n) is 1.90. The number of carbonyl (C=O) groups is 1. The molecule has 7 heteroatoms. The van der Waals surface area contributed by atoms with Crippen molar-refractivity contribution in [2.24, 2.45) is 5.73 Å². The van der Waals surface area contributed by atoms with E-state index in [1.54, 1.807) is 5.32 Å². The first-order valence-corrected chi connectivity index (χ1v) is 3.51. The van der Waals surface area contributed by atoms with Crippen molar-refractivity contribution in [2.45, 2.75) is 0 Å². The van der Waals surface area contributed by atoms with E-state index in [2.05, 4.69) is 5.73 Å². The normalized spacial score (nSPS) is 10.8. The molecule has 6 nitrogen and oxygen atoms in total. The SMILES string of the molecule is NC(=O)NCS(=O)(=O)O.